The number of nitrogens with zero attached hydrogens (tertiary/aromatic N) is 1. The third kappa shape index (κ3) is 3.97. The summed E-state index contributed by atoms with van der Waals surface area (Å²) in [6.07, 6.45) is 0. The molecule has 10 aromatic rings. The van der Waals surface area contributed by atoms with Gasteiger partial charge in [0, 0.05) is 16.5 Å². The lowest BCUT2D eigenvalue weighted by Gasteiger charge is -2.17. The molecule has 0 unspecified atom stereocenters. The molecule has 0 saturated heterocycles. The predicted molar refractivity (Wildman–Crippen MR) is 201 cm³/mol. The fourth-order valence-electron chi connectivity index (χ4n) is 7.79. The molecule has 0 bridgehead atoms. The normalized spacial score (nSPS) is 11.8. The Labute approximate surface area is 272 Å². The van der Waals surface area contributed by atoms with Crippen LogP contribution < -0.4 is 0 Å². The molecule has 0 aliphatic carbocycles. The maximum absolute atomic E-state index is 2.40. The summed E-state index contributed by atoms with van der Waals surface area (Å²) in [5.41, 5.74) is 11.1. The molecule has 0 aliphatic heterocycles. The van der Waals surface area contributed by atoms with Crippen LogP contribution in [-0.2, 0) is 0 Å². The molecule has 0 spiro atoms. The van der Waals surface area contributed by atoms with Crippen molar-refractivity contribution in [2.45, 2.75) is 0 Å². The summed E-state index contributed by atoms with van der Waals surface area (Å²) in [5, 5.41) is 10.4. The van der Waals surface area contributed by atoms with Gasteiger partial charge in [-0.2, -0.15) is 0 Å². The number of hydrogen-bond acceptors (Lipinski definition) is 0. The molecule has 0 fully saturated rings. The van der Waals surface area contributed by atoms with E-state index in [4.69, 9.17) is 0 Å². The highest BCUT2D eigenvalue weighted by atomic mass is 15.0. The second-order valence-corrected chi connectivity index (χ2v) is 12.5. The molecule has 1 nitrogen and oxygen atoms in total. The quantitative estimate of drug-likeness (QED) is 0.178. The van der Waals surface area contributed by atoms with Crippen molar-refractivity contribution in [1.29, 1.82) is 0 Å². The Kier molecular flexibility index (Phi) is 5.64. The van der Waals surface area contributed by atoms with Gasteiger partial charge in [0.05, 0.1) is 11.0 Å². The maximum atomic E-state index is 2.40. The van der Waals surface area contributed by atoms with Gasteiger partial charge in [-0.3, -0.25) is 0 Å². The molecule has 218 valence electrons. The van der Waals surface area contributed by atoms with Crippen LogP contribution in [0.5, 0.6) is 0 Å². The summed E-state index contributed by atoms with van der Waals surface area (Å²) in [4.78, 5) is 0. The van der Waals surface area contributed by atoms with E-state index in [9.17, 15) is 0 Å². The van der Waals surface area contributed by atoms with Crippen molar-refractivity contribution < 1.29 is 0 Å². The van der Waals surface area contributed by atoms with Crippen molar-refractivity contribution in [1.82, 2.24) is 4.57 Å². The van der Waals surface area contributed by atoms with E-state index in [0.29, 0.717) is 0 Å². The van der Waals surface area contributed by atoms with Gasteiger partial charge in [0.15, 0.2) is 0 Å². The van der Waals surface area contributed by atoms with E-state index in [1.54, 1.807) is 0 Å². The van der Waals surface area contributed by atoms with Gasteiger partial charge >= 0.3 is 0 Å². The minimum atomic E-state index is 1.17. The Morgan fingerprint density at radius 3 is 1.43 bits per heavy atom. The number of hydrogen-bond donors (Lipinski definition) is 0. The molecule has 1 aromatic heterocycles. The van der Waals surface area contributed by atoms with Crippen LogP contribution >= 0.6 is 0 Å². The van der Waals surface area contributed by atoms with Crippen molar-refractivity contribution in [3.63, 3.8) is 0 Å². The minimum Gasteiger partial charge on any atom is -0.309 e. The minimum absolute atomic E-state index is 1.17. The van der Waals surface area contributed by atoms with Crippen LogP contribution in [0.1, 0.15) is 0 Å². The number of benzene rings is 9. The third-order valence-electron chi connectivity index (χ3n) is 9.96. The van der Waals surface area contributed by atoms with Crippen molar-refractivity contribution >= 4 is 54.1 Å². The van der Waals surface area contributed by atoms with E-state index >= 15 is 0 Å². The largest absolute Gasteiger partial charge is 0.309 e. The van der Waals surface area contributed by atoms with E-state index in [1.807, 2.05) is 0 Å². The first kappa shape index (κ1) is 26.1. The van der Waals surface area contributed by atoms with E-state index in [1.165, 1.54) is 93.2 Å². The molecular weight excluding hydrogens is 567 g/mol. The fourth-order valence-corrected chi connectivity index (χ4v) is 7.79. The average Bonchev–Trinajstić information content (AvgIpc) is 3.49. The van der Waals surface area contributed by atoms with E-state index < -0.39 is 0 Å². The molecule has 0 atom stereocenters. The molecular formula is C46H29N. The first-order valence-corrected chi connectivity index (χ1v) is 16.3. The zero-order valence-electron chi connectivity index (χ0n) is 25.7. The summed E-state index contributed by atoms with van der Waals surface area (Å²) < 4.78 is 2.40. The standard InChI is InChI=1S/C46H29N/c1-2-9-30(10-3-1)31-17-19-32(20-18-31)37-25-21-33-24-28-42-38(26-22-34-23-27-41(37)45(33)46(34)42)35-11-8-12-36(29-35)47-43-15-6-4-13-39(43)40-14-5-7-16-44(40)47/h1-29H. The molecule has 0 aliphatic rings. The Morgan fingerprint density at radius 1 is 0.298 bits per heavy atom. The topological polar surface area (TPSA) is 4.93 Å². The summed E-state index contributed by atoms with van der Waals surface area (Å²) in [5.74, 6) is 0. The van der Waals surface area contributed by atoms with Crippen LogP contribution in [0.15, 0.2) is 176 Å². The zero-order valence-corrected chi connectivity index (χ0v) is 25.7. The Hall–Kier alpha value is -6.18. The Balaban J connectivity index is 1.15. The van der Waals surface area contributed by atoms with Crippen LogP contribution in [0, 0.1) is 0 Å². The van der Waals surface area contributed by atoms with Crippen molar-refractivity contribution in [3.8, 4) is 39.1 Å². The number of fused-ring (bicyclic) bond motifs is 3. The molecule has 9 aromatic carbocycles. The molecule has 10 rings (SSSR count). The van der Waals surface area contributed by atoms with Gasteiger partial charge in [0.25, 0.3) is 0 Å². The van der Waals surface area contributed by atoms with Crippen molar-refractivity contribution in [2.24, 2.45) is 0 Å². The summed E-state index contributed by atoms with van der Waals surface area (Å²) in [7, 11) is 0. The van der Waals surface area contributed by atoms with Gasteiger partial charge in [0.2, 0.25) is 0 Å². The monoisotopic (exact) mass is 595 g/mol. The second-order valence-electron chi connectivity index (χ2n) is 12.5. The molecule has 47 heavy (non-hydrogen) atoms. The lowest BCUT2D eigenvalue weighted by Crippen LogP contribution is -1.94. The molecule has 0 N–H and O–H groups in total. The van der Waals surface area contributed by atoms with Crippen LogP contribution in [0.25, 0.3) is 93.2 Å². The van der Waals surface area contributed by atoms with E-state index in [-0.39, 0.29) is 0 Å². The smallest absolute Gasteiger partial charge is 0.0541 e. The lowest BCUT2D eigenvalue weighted by atomic mass is 9.87. The SMILES string of the molecule is c1ccc(-c2ccc(-c3ccc4ccc5c(-c6cccc(-n7c8ccccc8c8ccccc87)c6)ccc6ccc3c4c65)cc2)cc1. The van der Waals surface area contributed by atoms with Crippen LogP contribution in [0.3, 0.4) is 0 Å². The second kappa shape index (κ2) is 10.2. The van der Waals surface area contributed by atoms with Gasteiger partial charge in [-0.1, -0.05) is 152 Å². The maximum Gasteiger partial charge on any atom is 0.0541 e. The van der Waals surface area contributed by atoms with Crippen LogP contribution in [-0.4, -0.2) is 4.57 Å². The third-order valence-corrected chi connectivity index (χ3v) is 9.96. The number of aromatic nitrogens is 1. The Morgan fingerprint density at radius 2 is 0.787 bits per heavy atom. The number of rotatable bonds is 4. The lowest BCUT2D eigenvalue weighted by molar-refractivity contribution is 1.18. The molecule has 0 radical (unpaired) electrons. The fraction of sp³-hybridized carbons (Fsp3) is 0. The highest BCUT2D eigenvalue weighted by Crippen LogP contribution is 2.43. The zero-order chi connectivity index (χ0) is 30.9. The van der Waals surface area contributed by atoms with Gasteiger partial charge < -0.3 is 4.57 Å². The van der Waals surface area contributed by atoms with Crippen molar-refractivity contribution in [2.75, 3.05) is 0 Å². The first-order chi connectivity index (χ1) is 23.3. The molecule has 1 heteroatoms. The van der Waals surface area contributed by atoms with E-state index in [2.05, 4.69) is 180 Å². The van der Waals surface area contributed by atoms with Crippen molar-refractivity contribution in [3.05, 3.63) is 176 Å². The van der Waals surface area contributed by atoms with Gasteiger partial charge in [-0.15, -0.1) is 0 Å². The van der Waals surface area contributed by atoms with Gasteiger partial charge in [-0.05, 0) is 90.0 Å². The van der Waals surface area contributed by atoms with Crippen LogP contribution in [0.4, 0.5) is 0 Å². The number of para-hydroxylation sites is 2. The van der Waals surface area contributed by atoms with Gasteiger partial charge in [-0.25, -0.2) is 0 Å². The summed E-state index contributed by atoms with van der Waals surface area (Å²) in [6.45, 7) is 0. The highest BCUT2D eigenvalue weighted by Gasteiger charge is 2.16. The highest BCUT2D eigenvalue weighted by molar-refractivity contribution is 6.27. The first-order valence-electron chi connectivity index (χ1n) is 16.3. The Bertz CT molecular complexity index is 2710. The molecule has 0 amide bonds. The van der Waals surface area contributed by atoms with Crippen LogP contribution in [0.2, 0.25) is 0 Å². The molecule has 0 saturated carbocycles. The van der Waals surface area contributed by atoms with Gasteiger partial charge in [0.1, 0.15) is 0 Å². The van der Waals surface area contributed by atoms with E-state index in [0.717, 1.165) is 0 Å². The summed E-state index contributed by atoms with van der Waals surface area (Å²) >= 11 is 0. The molecule has 1 heterocycles. The summed E-state index contributed by atoms with van der Waals surface area (Å²) in [6, 6.07) is 64.5. The predicted octanol–water partition coefficient (Wildman–Crippen LogP) is 12.7. The average molecular weight is 596 g/mol.